The Morgan fingerprint density at radius 2 is 2.42 bits per heavy atom. The second-order valence-corrected chi connectivity index (χ2v) is 5.51. The minimum absolute atomic E-state index is 0.0119. The van der Waals surface area contributed by atoms with Crippen molar-refractivity contribution in [3.05, 3.63) is 26.9 Å². The standard InChI is InChI=1S/C12H17BrN4O2/c1-14-7-9-4-2-3-5-16(9)12-11(13)6-10(8-15-12)17(18)19/h6,8-9,14H,2-5,7H2,1H3. The molecule has 1 aliphatic heterocycles. The molecule has 0 amide bonds. The molecule has 0 saturated carbocycles. The number of nitrogens with zero attached hydrogens (tertiary/aromatic N) is 3. The first-order chi connectivity index (χ1) is 9.13. The van der Waals surface area contributed by atoms with Crippen molar-refractivity contribution in [1.29, 1.82) is 0 Å². The number of nitro groups is 1. The lowest BCUT2D eigenvalue weighted by Crippen LogP contribution is -2.45. The zero-order valence-corrected chi connectivity index (χ0v) is 12.4. The highest BCUT2D eigenvalue weighted by Gasteiger charge is 2.25. The molecule has 0 radical (unpaired) electrons. The molecule has 1 aromatic rings. The Morgan fingerprint density at radius 3 is 3.05 bits per heavy atom. The van der Waals surface area contributed by atoms with Gasteiger partial charge in [0.2, 0.25) is 0 Å². The van der Waals surface area contributed by atoms with Gasteiger partial charge >= 0.3 is 0 Å². The summed E-state index contributed by atoms with van der Waals surface area (Å²) in [6.45, 7) is 1.83. The molecule has 104 valence electrons. The fourth-order valence-electron chi connectivity index (χ4n) is 2.46. The molecule has 6 nitrogen and oxygen atoms in total. The second kappa shape index (κ2) is 6.29. The van der Waals surface area contributed by atoms with Gasteiger partial charge in [0, 0.05) is 25.2 Å². The van der Waals surface area contributed by atoms with Gasteiger partial charge in [0.1, 0.15) is 12.0 Å². The summed E-state index contributed by atoms with van der Waals surface area (Å²) in [5.74, 6) is 0.797. The number of anilines is 1. The number of rotatable bonds is 4. The van der Waals surface area contributed by atoms with Gasteiger partial charge < -0.3 is 10.2 Å². The Bertz CT molecular complexity index is 467. The first kappa shape index (κ1) is 14.2. The second-order valence-electron chi connectivity index (χ2n) is 4.66. The lowest BCUT2D eigenvalue weighted by atomic mass is 10.0. The van der Waals surface area contributed by atoms with E-state index in [0.29, 0.717) is 10.5 Å². The van der Waals surface area contributed by atoms with E-state index in [9.17, 15) is 10.1 Å². The maximum absolute atomic E-state index is 10.7. The zero-order valence-electron chi connectivity index (χ0n) is 10.8. The molecule has 1 saturated heterocycles. The molecule has 2 rings (SSSR count). The van der Waals surface area contributed by atoms with E-state index < -0.39 is 4.92 Å². The first-order valence-corrected chi connectivity index (χ1v) is 7.14. The average molecular weight is 329 g/mol. The van der Waals surface area contributed by atoms with Crippen LogP contribution in [0.4, 0.5) is 11.5 Å². The molecule has 1 atom stereocenters. The predicted molar refractivity (Wildman–Crippen MR) is 77.5 cm³/mol. The van der Waals surface area contributed by atoms with Crippen LogP contribution in [-0.2, 0) is 0 Å². The highest BCUT2D eigenvalue weighted by Crippen LogP contribution is 2.31. The molecule has 0 aromatic carbocycles. The Labute approximate surface area is 120 Å². The molecular formula is C12H17BrN4O2. The van der Waals surface area contributed by atoms with E-state index in [1.54, 1.807) is 0 Å². The van der Waals surface area contributed by atoms with E-state index in [-0.39, 0.29) is 5.69 Å². The van der Waals surface area contributed by atoms with Crippen LogP contribution < -0.4 is 10.2 Å². The van der Waals surface area contributed by atoms with Gasteiger partial charge in [-0.05, 0) is 42.2 Å². The summed E-state index contributed by atoms with van der Waals surface area (Å²) in [5, 5.41) is 13.9. The van der Waals surface area contributed by atoms with Crippen LogP contribution in [0.15, 0.2) is 16.7 Å². The summed E-state index contributed by atoms with van der Waals surface area (Å²) < 4.78 is 0.685. The largest absolute Gasteiger partial charge is 0.351 e. The third-order valence-electron chi connectivity index (χ3n) is 3.36. The number of nitrogens with one attached hydrogen (secondary N) is 1. The minimum Gasteiger partial charge on any atom is -0.351 e. The number of halogens is 1. The average Bonchev–Trinajstić information content (AvgIpc) is 2.40. The van der Waals surface area contributed by atoms with Gasteiger partial charge in [0.15, 0.2) is 0 Å². The summed E-state index contributed by atoms with van der Waals surface area (Å²) in [6.07, 6.45) is 4.79. The van der Waals surface area contributed by atoms with E-state index in [1.165, 1.54) is 18.7 Å². The molecule has 1 aromatic heterocycles. The maximum atomic E-state index is 10.7. The van der Waals surface area contributed by atoms with Gasteiger partial charge in [-0.15, -0.1) is 0 Å². The fraction of sp³-hybridized carbons (Fsp3) is 0.583. The monoisotopic (exact) mass is 328 g/mol. The van der Waals surface area contributed by atoms with Gasteiger partial charge in [-0.2, -0.15) is 0 Å². The molecule has 7 heteroatoms. The topological polar surface area (TPSA) is 71.3 Å². The van der Waals surface area contributed by atoms with Crippen molar-refractivity contribution in [2.24, 2.45) is 0 Å². The Morgan fingerprint density at radius 1 is 1.63 bits per heavy atom. The van der Waals surface area contributed by atoms with Crippen molar-refractivity contribution >= 4 is 27.4 Å². The van der Waals surface area contributed by atoms with Crippen LogP contribution in [-0.4, -0.2) is 36.1 Å². The van der Waals surface area contributed by atoms with Crippen LogP contribution in [0.5, 0.6) is 0 Å². The van der Waals surface area contributed by atoms with Crippen molar-refractivity contribution in [2.45, 2.75) is 25.3 Å². The van der Waals surface area contributed by atoms with Crippen LogP contribution in [0.1, 0.15) is 19.3 Å². The number of likely N-dealkylation sites (N-methyl/N-ethyl adjacent to an activating group) is 1. The van der Waals surface area contributed by atoms with Crippen LogP contribution in [0.2, 0.25) is 0 Å². The van der Waals surface area contributed by atoms with E-state index in [2.05, 4.69) is 31.1 Å². The molecule has 1 aliphatic rings. The summed E-state index contributed by atoms with van der Waals surface area (Å²) in [4.78, 5) is 16.8. The van der Waals surface area contributed by atoms with Crippen molar-refractivity contribution in [1.82, 2.24) is 10.3 Å². The molecule has 1 unspecified atom stereocenters. The third kappa shape index (κ3) is 3.22. The van der Waals surface area contributed by atoms with E-state index >= 15 is 0 Å². The van der Waals surface area contributed by atoms with E-state index in [0.717, 1.165) is 31.7 Å². The molecule has 0 spiro atoms. The van der Waals surface area contributed by atoms with Crippen LogP contribution in [0.25, 0.3) is 0 Å². The SMILES string of the molecule is CNCC1CCCCN1c1ncc([N+](=O)[O-])cc1Br. The number of aromatic nitrogens is 1. The number of hydrogen-bond donors (Lipinski definition) is 1. The van der Waals surface area contributed by atoms with Gasteiger partial charge in [0.25, 0.3) is 5.69 Å². The Kier molecular flexibility index (Phi) is 4.71. The van der Waals surface area contributed by atoms with Crippen molar-refractivity contribution in [2.75, 3.05) is 25.0 Å². The van der Waals surface area contributed by atoms with Crippen LogP contribution in [0, 0.1) is 10.1 Å². The van der Waals surface area contributed by atoms with Gasteiger partial charge in [-0.3, -0.25) is 10.1 Å². The smallest absolute Gasteiger partial charge is 0.288 e. The number of hydrogen-bond acceptors (Lipinski definition) is 5. The molecule has 0 aliphatic carbocycles. The number of piperidine rings is 1. The summed E-state index contributed by atoms with van der Waals surface area (Å²) >= 11 is 3.40. The predicted octanol–water partition coefficient (Wildman–Crippen LogP) is 2.33. The molecule has 2 heterocycles. The van der Waals surface area contributed by atoms with E-state index in [4.69, 9.17) is 0 Å². The minimum atomic E-state index is -0.428. The van der Waals surface area contributed by atoms with Gasteiger partial charge in [0.05, 0.1) is 9.40 Å². The van der Waals surface area contributed by atoms with Crippen LogP contribution in [0.3, 0.4) is 0 Å². The maximum Gasteiger partial charge on any atom is 0.288 e. The molecule has 19 heavy (non-hydrogen) atoms. The molecule has 0 bridgehead atoms. The summed E-state index contributed by atoms with van der Waals surface area (Å²) in [7, 11) is 1.94. The van der Waals surface area contributed by atoms with Crippen LogP contribution >= 0.6 is 15.9 Å². The quantitative estimate of drug-likeness (QED) is 0.678. The first-order valence-electron chi connectivity index (χ1n) is 6.34. The van der Waals surface area contributed by atoms with Gasteiger partial charge in [-0.1, -0.05) is 0 Å². The Hall–Kier alpha value is -1.21. The zero-order chi connectivity index (χ0) is 13.8. The highest BCUT2D eigenvalue weighted by molar-refractivity contribution is 9.10. The van der Waals surface area contributed by atoms with E-state index in [1.807, 2.05) is 7.05 Å². The molecular weight excluding hydrogens is 312 g/mol. The summed E-state index contributed by atoms with van der Waals surface area (Å²) in [5.41, 5.74) is 0.0119. The third-order valence-corrected chi connectivity index (χ3v) is 3.94. The Balaban J connectivity index is 2.26. The molecule has 1 N–H and O–H groups in total. The van der Waals surface area contributed by atoms with Crippen molar-refractivity contribution < 1.29 is 4.92 Å². The highest BCUT2D eigenvalue weighted by atomic mass is 79.9. The summed E-state index contributed by atoms with van der Waals surface area (Å²) in [6, 6.07) is 1.91. The molecule has 1 fully saturated rings. The van der Waals surface area contributed by atoms with Crippen molar-refractivity contribution in [3.8, 4) is 0 Å². The number of pyridine rings is 1. The normalized spacial score (nSPS) is 19.5. The van der Waals surface area contributed by atoms with Crippen molar-refractivity contribution in [3.63, 3.8) is 0 Å². The van der Waals surface area contributed by atoms with Gasteiger partial charge in [-0.25, -0.2) is 4.98 Å². The fourth-order valence-corrected chi connectivity index (χ4v) is 3.02. The lowest BCUT2D eigenvalue weighted by molar-refractivity contribution is -0.385. The lowest BCUT2D eigenvalue weighted by Gasteiger charge is -2.37.